The third kappa shape index (κ3) is 3.67. The number of aliphatic imine (C=N–C) groups is 1. The molecular formula is C38H32N2O3. The number of fused-ring (bicyclic) bond motifs is 9. The lowest BCUT2D eigenvalue weighted by Gasteiger charge is -2.46. The van der Waals surface area contributed by atoms with Gasteiger partial charge >= 0.3 is 0 Å². The topological polar surface area (TPSA) is 43.3 Å². The predicted octanol–water partition coefficient (Wildman–Crippen LogP) is 8.82. The molecule has 0 amide bonds. The second-order valence-corrected chi connectivity index (χ2v) is 11.8. The van der Waals surface area contributed by atoms with E-state index in [0.29, 0.717) is 13.2 Å². The van der Waals surface area contributed by atoms with Crippen LogP contribution in [0.2, 0.25) is 0 Å². The van der Waals surface area contributed by atoms with Crippen molar-refractivity contribution in [2.24, 2.45) is 4.99 Å². The van der Waals surface area contributed by atoms with Gasteiger partial charge in [-0.2, -0.15) is 0 Å². The van der Waals surface area contributed by atoms with E-state index in [1.807, 2.05) is 54.7 Å². The minimum Gasteiger partial charge on any atom is -0.497 e. The molecule has 2 aliphatic heterocycles. The second-order valence-electron chi connectivity index (χ2n) is 11.8. The Morgan fingerprint density at radius 2 is 1.42 bits per heavy atom. The molecule has 2 heterocycles. The van der Waals surface area contributed by atoms with Gasteiger partial charge in [-0.15, -0.1) is 0 Å². The summed E-state index contributed by atoms with van der Waals surface area (Å²) in [5, 5.41) is 7.01. The molecule has 5 nitrogen and oxygen atoms in total. The first kappa shape index (κ1) is 25.7. The fourth-order valence-corrected chi connectivity index (χ4v) is 7.14. The van der Waals surface area contributed by atoms with Gasteiger partial charge in [0, 0.05) is 10.8 Å². The zero-order valence-electron chi connectivity index (χ0n) is 24.5. The van der Waals surface area contributed by atoms with Crippen LogP contribution in [0.15, 0.2) is 114 Å². The van der Waals surface area contributed by atoms with E-state index in [0.717, 1.165) is 33.7 Å². The van der Waals surface area contributed by atoms with E-state index in [1.165, 1.54) is 32.8 Å². The molecule has 0 fully saturated rings. The molecule has 0 N–H and O–H groups in total. The van der Waals surface area contributed by atoms with Gasteiger partial charge in [0.15, 0.2) is 0 Å². The average Bonchev–Trinajstić information content (AvgIpc) is 3.23. The smallest absolute Gasteiger partial charge is 0.229 e. The molecule has 5 heteroatoms. The highest BCUT2D eigenvalue weighted by Crippen LogP contribution is 2.58. The molecule has 0 radical (unpaired) electrons. The maximum absolute atomic E-state index is 7.25. The standard InChI is InChI=1S/C38H32N2O3/c1-37(2)34-31-15-9-7-13-29(31)30-14-8-10-16-32(30)36(34)40(21-22-42-26-11-5-4-6-12-26)38(37)24-39-35-28-19-18-27(41-3)23-25(28)17-20-33(35)43-38/h4-20,23-24H,21-22H2,1-3H3. The number of ether oxygens (including phenoxy) is 3. The second kappa shape index (κ2) is 9.50. The van der Waals surface area contributed by atoms with E-state index in [9.17, 15) is 0 Å². The summed E-state index contributed by atoms with van der Waals surface area (Å²) in [6.45, 7) is 5.67. The number of para-hydroxylation sites is 1. The Labute approximate surface area is 250 Å². The quantitative estimate of drug-likeness (QED) is 0.196. The summed E-state index contributed by atoms with van der Waals surface area (Å²) in [6, 6.07) is 37.6. The molecule has 8 rings (SSSR count). The third-order valence-corrected chi connectivity index (χ3v) is 9.22. The summed E-state index contributed by atoms with van der Waals surface area (Å²) >= 11 is 0. The van der Waals surface area contributed by atoms with E-state index >= 15 is 0 Å². The maximum Gasteiger partial charge on any atom is 0.229 e. The first-order valence-corrected chi connectivity index (χ1v) is 14.8. The van der Waals surface area contributed by atoms with Gasteiger partial charge < -0.3 is 19.1 Å². The minimum atomic E-state index is -0.880. The lowest BCUT2D eigenvalue weighted by Crippen LogP contribution is -2.63. The van der Waals surface area contributed by atoms with Gasteiger partial charge in [-0.05, 0) is 77.4 Å². The Morgan fingerprint density at radius 3 is 2.19 bits per heavy atom. The number of hydrogen-bond donors (Lipinski definition) is 0. The summed E-state index contributed by atoms with van der Waals surface area (Å²) in [7, 11) is 1.69. The number of nitrogens with zero attached hydrogens (tertiary/aromatic N) is 2. The highest BCUT2D eigenvalue weighted by molar-refractivity contribution is 6.18. The van der Waals surface area contributed by atoms with Crippen molar-refractivity contribution in [1.29, 1.82) is 0 Å². The zero-order chi connectivity index (χ0) is 29.2. The van der Waals surface area contributed by atoms with Crippen molar-refractivity contribution in [3.63, 3.8) is 0 Å². The molecule has 0 saturated heterocycles. The first-order valence-electron chi connectivity index (χ1n) is 14.8. The molecule has 2 aliphatic rings. The molecule has 0 aromatic heterocycles. The molecular weight excluding hydrogens is 532 g/mol. The molecule has 1 spiro atoms. The molecule has 1 unspecified atom stereocenters. The van der Waals surface area contributed by atoms with Gasteiger partial charge in [0.05, 0.1) is 31.0 Å². The Morgan fingerprint density at radius 1 is 0.721 bits per heavy atom. The monoisotopic (exact) mass is 564 g/mol. The van der Waals surface area contributed by atoms with Crippen LogP contribution in [-0.4, -0.2) is 32.2 Å². The van der Waals surface area contributed by atoms with Crippen LogP contribution in [-0.2, 0) is 5.41 Å². The Balaban J connectivity index is 1.34. The van der Waals surface area contributed by atoms with Gasteiger partial charge in [0.2, 0.25) is 5.72 Å². The van der Waals surface area contributed by atoms with Crippen LogP contribution in [0.4, 0.5) is 11.4 Å². The molecule has 43 heavy (non-hydrogen) atoms. The normalized spacial score (nSPS) is 18.2. The van der Waals surface area contributed by atoms with Crippen LogP contribution in [0.1, 0.15) is 19.4 Å². The lowest BCUT2D eigenvalue weighted by atomic mass is 9.75. The number of hydrogen-bond acceptors (Lipinski definition) is 5. The highest BCUT2D eigenvalue weighted by atomic mass is 16.5. The van der Waals surface area contributed by atoms with Crippen LogP contribution >= 0.6 is 0 Å². The van der Waals surface area contributed by atoms with Gasteiger partial charge in [-0.3, -0.25) is 4.99 Å². The van der Waals surface area contributed by atoms with Gasteiger partial charge in [-0.25, -0.2) is 0 Å². The van der Waals surface area contributed by atoms with Crippen molar-refractivity contribution in [1.82, 2.24) is 0 Å². The van der Waals surface area contributed by atoms with Crippen LogP contribution in [0.25, 0.3) is 32.3 Å². The van der Waals surface area contributed by atoms with E-state index in [-0.39, 0.29) is 0 Å². The van der Waals surface area contributed by atoms with Crippen LogP contribution in [0, 0.1) is 0 Å². The number of rotatable bonds is 5. The third-order valence-electron chi connectivity index (χ3n) is 9.22. The number of benzene rings is 6. The van der Waals surface area contributed by atoms with Crippen molar-refractivity contribution < 1.29 is 14.2 Å². The molecule has 0 aliphatic carbocycles. The van der Waals surface area contributed by atoms with Crippen molar-refractivity contribution in [2.75, 3.05) is 25.2 Å². The summed E-state index contributed by atoms with van der Waals surface area (Å²) in [5.41, 5.74) is 1.94. The van der Waals surface area contributed by atoms with Crippen molar-refractivity contribution in [3.8, 4) is 17.2 Å². The van der Waals surface area contributed by atoms with E-state index in [1.54, 1.807) is 7.11 Å². The predicted molar refractivity (Wildman–Crippen MR) is 176 cm³/mol. The summed E-state index contributed by atoms with van der Waals surface area (Å²) < 4.78 is 19.0. The SMILES string of the molecule is COc1ccc2c3c(ccc2c1)OC1(C=N3)N(CCOc2ccccc2)c2c(c3ccccc3c3ccccc23)C1(C)C. The van der Waals surface area contributed by atoms with E-state index in [4.69, 9.17) is 19.2 Å². The first-order chi connectivity index (χ1) is 21.0. The van der Waals surface area contributed by atoms with Crippen molar-refractivity contribution in [2.45, 2.75) is 25.0 Å². The fraction of sp³-hybridized carbons (Fsp3) is 0.184. The minimum absolute atomic E-state index is 0.464. The van der Waals surface area contributed by atoms with Gasteiger partial charge in [-0.1, -0.05) is 72.8 Å². The lowest BCUT2D eigenvalue weighted by molar-refractivity contribution is 0.0756. The Kier molecular flexibility index (Phi) is 5.67. The Bertz CT molecular complexity index is 2070. The van der Waals surface area contributed by atoms with Crippen LogP contribution in [0.5, 0.6) is 17.2 Å². The maximum atomic E-state index is 7.25. The van der Waals surface area contributed by atoms with E-state index < -0.39 is 11.1 Å². The summed E-state index contributed by atoms with van der Waals surface area (Å²) in [4.78, 5) is 7.59. The largest absolute Gasteiger partial charge is 0.497 e. The van der Waals surface area contributed by atoms with Crippen LogP contribution in [0.3, 0.4) is 0 Å². The molecule has 6 aromatic rings. The van der Waals surface area contributed by atoms with Gasteiger partial charge in [0.25, 0.3) is 0 Å². The van der Waals surface area contributed by atoms with Crippen LogP contribution < -0.4 is 19.1 Å². The fourth-order valence-electron chi connectivity index (χ4n) is 7.14. The summed E-state index contributed by atoms with van der Waals surface area (Å²) in [6.07, 6.45) is 2.03. The molecule has 6 aromatic carbocycles. The van der Waals surface area contributed by atoms with E-state index in [2.05, 4.69) is 79.4 Å². The zero-order valence-corrected chi connectivity index (χ0v) is 24.5. The molecule has 1 atom stereocenters. The van der Waals surface area contributed by atoms with Crippen molar-refractivity contribution in [3.05, 3.63) is 115 Å². The van der Waals surface area contributed by atoms with Gasteiger partial charge in [0.1, 0.15) is 29.5 Å². The molecule has 0 bridgehead atoms. The highest BCUT2D eigenvalue weighted by Gasteiger charge is 2.61. The molecule has 212 valence electrons. The Hall–Kier alpha value is -5.03. The van der Waals surface area contributed by atoms with Crippen molar-refractivity contribution >= 4 is 49.9 Å². The average molecular weight is 565 g/mol. The summed E-state index contributed by atoms with van der Waals surface area (Å²) in [5.74, 6) is 2.44. The number of methoxy groups -OCH3 is 1. The number of anilines is 1. The molecule has 0 saturated carbocycles.